The molecule has 0 saturated carbocycles. The Balaban J connectivity index is 2.37. The lowest BCUT2D eigenvalue weighted by molar-refractivity contribution is -0.484. The van der Waals surface area contributed by atoms with E-state index >= 15 is 0 Å². The maximum atomic E-state index is 5.63. The molecule has 2 atom stereocenters. The number of methoxy groups -OCH3 is 1. The van der Waals surface area contributed by atoms with Gasteiger partial charge in [-0.3, -0.25) is 0 Å². The van der Waals surface area contributed by atoms with E-state index < -0.39 is 6.29 Å². The largest absolute Gasteiger partial charge is 0.379 e. The van der Waals surface area contributed by atoms with E-state index in [1.54, 1.807) is 7.11 Å². The predicted molar refractivity (Wildman–Crippen MR) is 85.0 cm³/mol. The lowest BCUT2D eigenvalue weighted by Crippen LogP contribution is -2.35. The first-order valence-corrected chi connectivity index (χ1v) is 8.66. The summed E-state index contributed by atoms with van der Waals surface area (Å²) in [5, 5.41) is 0. The van der Waals surface area contributed by atoms with Crippen LogP contribution >= 0.6 is 0 Å². The van der Waals surface area contributed by atoms with Gasteiger partial charge in [0.15, 0.2) is 0 Å². The third-order valence-electron chi connectivity index (χ3n) is 4.76. The molecule has 1 aliphatic rings. The van der Waals surface area contributed by atoms with Gasteiger partial charge in [0.25, 0.3) is 0 Å². The van der Waals surface area contributed by atoms with E-state index in [-0.39, 0.29) is 11.5 Å². The Morgan fingerprint density at radius 2 is 1.77 bits per heavy atom. The summed E-state index contributed by atoms with van der Waals surface area (Å²) in [7, 11) is 1.77. The molecule has 0 bridgehead atoms. The molecule has 0 radical (unpaired) electrons. The van der Waals surface area contributed by atoms with Crippen LogP contribution in [0.15, 0.2) is 0 Å². The first kappa shape index (κ1) is 19.8. The molecule has 0 aromatic rings. The normalized spacial score (nSPS) is 27.7. The van der Waals surface area contributed by atoms with Crippen LogP contribution in [0.4, 0.5) is 0 Å². The van der Waals surface area contributed by atoms with E-state index in [0.29, 0.717) is 19.1 Å². The van der Waals surface area contributed by atoms with Crippen LogP contribution in [0.5, 0.6) is 0 Å². The molecule has 1 heterocycles. The summed E-state index contributed by atoms with van der Waals surface area (Å²) in [6.45, 7) is 9.71. The summed E-state index contributed by atoms with van der Waals surface area (Å²) in [5.41, 5.74) is -0.105. The smallest absolute Gasteiger partial charge is 0.224 e. The number of hydrogen-bond acceptors (Lipinski definition) is 5. The summed E-state index contributed by atoms with van der Waals surface area (Å²) in [6, 6.07) is 0. The summed E-state index contributed by atoms with van der Waals surface area (Å²) >= 11 is 0. The average Bonchev–Trinajstić information content (AvgIpc) is 2.49. The van der Waals surface area contributed by atoms with Gasteiger partial charge in [-0.15, -0.1) is 0 Å². The number of hydrogen-bond donors (Lipinski definition) is 0. The SMILES string of the molecule is CCCCCC1OOCC(C(C)CC(C)(CC)OC)COO1. The van der Waals surface area contributed by atoms with Crippen LogP contribution in [0.1, 0.15) is 66.2 Å². The number of rotatable bonds is 9. The highest BCUT2D eigenvalue weighted by atomic mass is 17.3. The van der Waals surface area contributed by atoms with E-state index in [9.17, 15) is 0 Å². The van der Waals surface area contributed by atoms with Crippen molar-refractivity contribution in [3.8, 4) is 0 Å². The molecule has 1 fully saturated rings. The Kier molecular flexibility index (Phi) is 9.52. The minimum absolute atomic E-state index is 0.105. The Labute approximate surface area is 135 Å². The fourth-order valence-electron chi connectivity index (χ4n) is 2.67. The minimum Gasteiger partial charge on any atom is -0.379 e. The maximum Gasteiger partial charge on any atom is 0.224 e. The molecule has 22 heavy (non-hydrogen) atoms. The van der Waals surface area contributed by atoms with Gasteiger partial charge in [0.2, 0.25) is 6.29 Å². The Hall–Kier alpha value is -0.200. The van der Waals surface area contributed by atoms with Gasteiger partial charge < -0.3 is 4.74 Å². The van der Waals surface area contributed by atoms with Gasteiger partial charge in [0.05, 0.1) is 18.8 Å². The van der Waals surface area contributed by atoms with Crippen LogP contribution in [0.3, 0.4) is 0 Å². The second kappa shape index (κ2) is 10.6. The second-order valence-corrected chi connectivity index (χ2v) is 6.64. The van der Waals surface area contributed by atoms with E-state index in [0.717, 1.165) is 32.1 Å². The van der Waals surface area contributed by atoms with Crippen LogP contribution in [-0.2, 0) is 24.3 Å². The Morgan fingerprint density at radius 3 is 2.27 bits per heavy atom. The van der Waals surface area contributed by atoms with Gasteiger partial charge in [-0.2, -0.15) is 0 Å². The van der Waals surface area contributed by atoms with Crippen LogP contribution in [0.2, 0.25) is 0 Å². The van der Waals surface area contributed by atoms with Gasteiger partial charge in [-0.25, -0.2) is 19.6 Å². The molecule has 1 saturated heterocycles. The van der Waals surface area contributed by atoms with Crippen LogP contribution in [0.25, 0.3) is 0 Å². The van der Waals surface area contributed by atoms with E-state index in [1.165, 1.54) is 6.42 Å². The molecule has 1 aliphatic heterocycles. The van der Waals surface area contributed by atoms with Crippen molar-refractivity contribution in [3.05, 3.63) is 0 Å². The molecule has 0 aliphatic carbocycles. The number of unbranched alkanes of at least 4 members (excludes halogenated alkanes) is 2. The molecule has 2 unspecified atom stereocenters. The lowest BCUT2D eigenvalue weighted by atomic mass is 9.83. The van der Waals surface area contributed by atoms with Gasteiger partial charge in [-0.1, -0.05) is 33.6 Å². The van der Waals surface area contributed by atoms with Crippen molar-refractivity contribution in [2.75, 3.05) is 20.3 Å². The first-order valence-electron chi connectivity index (χ1n) is 8.66. The van der Waals surface area contributed by atoms with E-state index in [4.69, 9.17) is 24.3 Å². The quantitative estimate of drug-likeness (QED) is 0.469. The van der Waals surface area contributed by atoms with Crippen molar-refractivity contribution < 1.29 is 24.3 Å². The van der Waals surface area contributed by atoms with Crippen molar-refractivity contribution in [1.29, 1.82) is 0 Å². The topological polar surface area (TPSA) is 46.2 Å². The summed E-state index contributed by atoms with van der Waals surface area (Å²) in [4.78, 5) is 21.4. The molecular weight excluding hydrogens is 284 g/mol. The average molecular weight is 318 g/mol. The second-order valence-electron chi connectivity index (χ2n) is 6.64. The fraction of sp³-hybridized carbons (Fsp3) is 1.00. The van der Waals surface area contributed by atoms with Gasteiger partial charge in [-0.05, 0) is 32.1 Å². The minimum atomic E-state index is -0.414. The Bertz CT molecular complexity index is 270. The molecule has 0 amide bonds. The zero-order valence-electron chi connectivity index (χ0n) is 14.9. The van der Waals surface area contributed by atoms with E-state index in [2.05, 4.69) is 27.7 Å². The fourth-order valence-corrected chi connectivity index (χ4v) is 2.67. The molecular formula is C17H34O5. The highest BCUT2D eigenvalue weighted by molar-refractivity contribution is 4.79. The molecule has 0 N–H and O–H groups in total. The maximum absolute atomic E-state index is 5.63. The van der Waals surface area contributed by atoms with Crippen molar-refractivity contribution in [1.82, 2.24) is 0 Å². The van der Waals surface area contributed by atoms with Gasteiger partial charge in [0.1, 0.15) is 0 Å². The Morgan fingerprint density at radius 1 is 1.14 bits per heavy atom. The highest BCUT2D eigenvalue weighted by Gasteiger charge is 2.30. The first-order chi connectivity index (χ1) is 10.5. The predicted octanol–water partition coefficient (Wildman–Crippen LogP) is 4.26. The van der Waals surface area contributed by atoms with Gasteiger partial charge >= 0.3 is 0 Å². The van der Waals surface area contributed by atoms with E-state index in [1.807, 2.05) is 0 Å². The zero-order valence-corrected chi connectivity index (χ0v) is 14.9. The number of ether oxygens (including phenoxy) is 1. The third kappa shape index (κ3) is 6.92. The highest BCUT2D eigenvalue weighted by Crippen LogP contribution is 2.29. The molecule has 5 nitrogen and oxygen atoms in total. The van der Waals surface area contributed by atoms with Crippen LogP contribution in [0, 0.1) is 11.8 Å². The molecule has 0 aromatic heterocycles. The zero-order chi connectivity index (χ0) is 16.4. The molecule has 132 valence electrons. The third-order valence-corrected chi connectivity index (χ3v) is 4.76. The lowest BCUT2D eigenvalue weighted by Gasteiger charge is -2.34. The molecule has 5 heteroatoms. The van der Waals surface area contributed by atoms with Gasteiger partial charge in [0, 0.05) is 19.4 Å². The van der Waals surface area contributed by atoms with Crippen molar-refractivity contribution >= 4 is 0 Å². The standard InChI is InChI=1S/C17H34O5/c1-6-8-9-10-16-21-19-12-15(13-20-22-16)14(3)11-17(4,7-2)18-5/h14-16H,6-13H2,1-5H3. The molecule has 0 spiro atoms. The summed E-state index contributed by atoms with van der Waals surface area (Å²) in [6.07, 6.45) is 5.70. The molecule has 1 rings (SSSR count). The van der Waals surface area contributed by atoms with Crippen molar-refractivity contribution in [2.24, 2.45) is 11.8 Å². The monoisotopic (exact) mass is 318 g/mol. The van der Waals surface area contributed by atoms with Crippen LogP contribution < -0.4 is 0 Å². The van der Waals surface area contributed by atoms with Crippen molar-refractivity contribution in [3.63, 3.8) is 0 Å². The summed E-state index contributed by atoms with van der Waals surface area (Å²) in [5.74, 6) is 0.631. The summed E-state index contributed by atoms with van der Waals surface area (Å²) < 4.78 is 5.63. The van der Waals surface area contributed by atoms with Crippen molar-refractivity contribution in [2.45, 2.75) is 78.1 Å². The van der Waals surface area contributed by atoms with Crippen LogP contribution in [-0.4, -0.2) is 32.2 Å². The molecule has 0 aromatic carbocycles.